The van der Waals surface area contributed by atoms with Crippen molar-refractivity contribution in [3.05, 3.63) is 170 Å². The van der Waals surface area contributed by atoms with Crippen LogP contribution in [0.4, 0.5) is 0 Å². The van der Waals surface area contributed by atoms with E-state index in [4.69, 9.17) is 19.4 Å². The van der Waals surface area contributed by atoms with Crippen molar-refractivity contribution < 1.29 is 4.42 Å². The van der Waals surface area contributed by atoms with Crippen LogP contribution in [0, 0.1) is 0 Å². The van der Waals surface area contributed by atoms with Crippen LogP contribution < -0.4 is 0 Å². The predicted molar refractivity (Wildman–Crippen MR) is 207 cm³/mol. The summed E-state index contributed by atoms with van der Waals surface area (Å²) in [6, 6.07) is 54.3. The molecule has 0 bridgehead atoms. The molecule has 0 saturated carbocycles. The molecule has 5 nitrogen and oxygen atoms in total. The van der Waals surface area contributed by atoms with Gasteiger partial charge in [0.25, 0.3) is 0 Å². The Kier molecular flexibility index (Phi) is 6.74. The first-order valence-electron chi connectivity index (χ1n) is 17.0. The van der Waals surface area contributed by atoms with Crippen LogP contribution >= 0.6 is 0 Å². The van der Waals surface area contributed by atoms with E-state index in [0.717, 1.165) is 71.7 Å². The molecule has 10 rings (SSSR count). The van der Waals surface area contributed by atoms with Gasteiger partial charge in [0.05, 0.1) is 0 Å². The summed E-state index contributed by atoms with van der Waals surface area (Å²) in [6.07, 6.45) is 3.73. The number of nitrogens with zero attached hydrogens (tertiary/aromatic N) is 4. The monoisotopic (exact) mass is 652 g/mol. The fourth-order valence-electron chi connectivity index (χ4n) is 7.11. The Hall–Kier alpha value is -6.98. The van der Waals surface area contributed by atoms with Gasteiger partial charge in [0.1, 0.15) is 11.2 Å². The van der Waals surface area contributed by atoms with Crippen LogP contribution in [-0.2, 0) is 0 Å². The van der Waals surface area contributed by atoms with Gasteiger partial charge in [0, 0.05) is 50.8 Å². The maximum Gasteiger partial charge on any atom is 0.164 e. The van der Waals surface area contributed by atoms with Gasteiger partial charge in [0.15, 0.2) is 17.5 Å². The zero-order chi connectivity index (χ0) is 33.7. The van der Waals surface area contributed by atoms with Gasteiger partial charge in [-0.25, -0.2) is 15.0 Å². The number of rotatable bonds is 5. The van der Waals surface area contributed by atoms with Crippen molar-refractivity contribution in [1.29, 1.82) is 0 Å². The summed E-state index contributed by atoms with van der Waals surface area (Å²) in [5, 5.41) is 6.59. The fourth-order valence-corrected chi connectivity index (χ4v) is 7.11. The molecule has 3 heterocycles. The molecule has 0 unspecified atom stereocenters. The van der Waals surface area contributed by atoms with Crippen molar-refractivity contribution in [3.8, 4) is 56.4 Å². The molecule has 7 aromatic carbocycles. The van der Waals surface area contributed by atoms with Crippen molar-refractivity contribution in [2.45, 2.75) is 0 Å². The van der Waals surface area contributed by atoms with Gasteiger partial charge in [0.2, 0.25) is 0 Å². The van der Waals surface area contributed by atoms with Crippen molar-refractivity contribution >= 4 is 43.5 Å². The molecular formula is C46H28N4O. The maximum atomic E-state index is 6.86. The number of hydrogen-bond acceptors (Lipinski definition) is 5. The van der Waals surface area contributed by atoms with Crippen molar-refractivity contribution in [2.75, 3.05) is 0 Å². The standard InChI is InChI=1S/C46H28N4O/c1-3-12-30(13-4-1)44-48-45(31-14-5-2-6-15-31)50-46(49-44)39-18-10-9-17-37(39)38-22-21-36(34-20-19-29-11-7-8-16-32(29)25-34)43-42(38)40-26-35-28-47-24-23-33(35)27-41(40)51-43/h1-28H. The summed E-state index contributed by atoms with van der Waals surface area (Å²) in [6.45, 7) is 0. The van der Waals surface area contributed by atoms with Gasteiger partial charge in [-0.1, -0.05) is 127 Å². The summed E-state index contributed by atoms with van der Waals surface area (Å²) in [4.78, 5) is 19.6. The maximum absolute atomic E-state index is 6.86. The average Bonchev–Trinajstić information content (AvgIpc) is 3.58. The molecular weight excluding hydrogens is 625 g/mol. The first-order valence-corrected chi connectivity index (χ1v) is 17.0. The van der Waals surface area contributed by atoms with Crippen molar-refractivity contribution in [2.24, 2.45) is 0 Å². The van der Waals surface area contributed by atoms with Crippen LogP contribution in [0.5, 0.6) is 0 Å². The van der Waals surface area contributed by atoms with Crippen LogP contribution in [0.1, 0.15) is 0 Å². The van der Waals surface area contributed by atoms with E-state index < -0.39 is 0 Å². The number of hydrogen-bond donors (Lipinski definition) is 0. The molecule has 0 N–H and O–H groups in total. The van der Waals surface area contributed by atoms with E-state index in [1.807, 2.05) is 85.2 Å². The van der Waals surface area contributed by atoms with Crippen molar-refractivity contribution in [3.63, 3.8) is 0 Å². The molecule has 0 amide bonds. The second kappa shape index (κ2) is 11.9. The lowest BCUT2D eigenvalue weighted by Gasteiger charge is -2.14. The van der Waals surface area contributed by atoms with E-state index in [2.05, 4.69) is 89.9 Å². The van der Waals surface area contributed by atoms with Gasteiger partial charge in [-0.05, 0) is 63.2 Å². The van der Waals surface area contributed by atoms with Gasteiger partial charge < -0.3 is 4.42 Å². The largest absolute Gasteiger partial charge is 0.455 e. The highest BCUT2D eigenvalue weighted by Crippen LogP contribution is 2.45. The summed E-state index contributed by atoms with van der Waals surface area (Å²) < 4.78 is 6.86. The second-order valence-electron chi connectivity index (χ2n) is 12.7. The zero-order valence-electron chi connectivity index (χ0n) is 27.4. The molecule has 0 atom stereocenters. The average molecular weight is 653 g/mol. The Bertz CT molecular complexity index is 2860. The highest BCUT2D eigenvalue weighted by molar-refractivity contribution is 6.19. The first-order chi connectivity index (χ1) is 25.3. The highest BCUT2D eigenvalue weighted by Gasteiger charge is 2.22. The molecule has 0 aliphatic heterocycles. The quantitative estimate of drug-likeness (QED) is 0.185. The number of fused-ring (bicyclic) bond motifs is 5. The molecule has 0 radical (unpaired) electrons. The summed E-state index contributed by atoms with van der Waals surface area (Å²) in [5.41, 5.74) is 8.61. The second-order valence-corrected chi connectivity index (χ2v) is 12.7. The minimum Gasteiger partial charge on any atom is -0.455 e. The third kappa shape index (κ3) is 5.03. The van der Waals surface area contributed by atoms with Crippen LogP contribution in [0.2, 0.25) is 0 Å². The van der Waals surface area contributed by atoms with E-state index in [1.54, 1.807) is 0 Å². The van der Waals surface area contributed by atoms with Gasteiger partial charge in [-0.2, -0.15) is 0 Å². The lowest BCUT2D eigenvalue weighted by molar-refractivity contribution is 0.670. The molecule has 51 heavy (non-hydrogen) atoms. The molecule has 0 aliphatic rings. The summed E-state index contributed by atoms with van der Waals surface area (Å²) >= 11 is 0. The van der Waals surface area contributed by atoms with Gasteiger partial charge in [-0.15, -0.1) is 0 Å². The Morgan fingerprint density at radius 3 is 1.78 bits per heavy atom. The molecule has 0 fully saturated rings. The molecule has 238 valence electrons. The third-order valence-electron chi connectivity index (χ3n) is 9.60. The number of aromatic nitrogens is 4. The SMILES string of the molecule is c1ccc(-c2nc(-c3ccccc3)nc(-c3ccccc3-c3ccc(-c4ccc5ccccc5c4)c4oc5cc6ccncc6cc5c34)n2)cc1. The first kappa shape index (κ1) is 29.0. The van der Waals surface area contributed by atoms with E-state index >= 15 is 0 Å². The smallest absolute Gasteiger partial charge is 0.164 e. The Morgan fingerprint density at radius 2 is 1.02 bits per heavy atom. The molecule has 0 spiro atoms. The normalized spacial score (nSPS) is 11.5. The van der Waals surface area contributed by atoms with E-state index in [1.165, 1.54) is 10.8 Å². The lowest BCUT2D eigenvalue weighted by Crippen LogP contribution is -2.01. The minimum atomic E-state index is 0.604. The topological polar surface area (TPSA) is 64.7 Å². The highest BCUT2D eigenvalue weighted by atomic mass is 16.3. The minimum absolute atomic E-state index is 0.604. The van der Waals surface area contributed by atoms with Crippen LogP contribution in [0.15, 0.2) is 175 Å². The predicted octanol–water partition coefficient (Wildman–Crippen LogP) is 11.8. The van der Waals surface area contributed by atoms with Gasteiger partial charge >= 0.3 is 0 Å². The molecule has 0 aliphatic carbocycles. The number of benzene rings is 7. The van der Waals surface area contributed by atoms with Crippen LogP contribution in [0.3, 0.4) is 0 Å². The summed E-state index contributed by atoms with van der Waals surface area (Å²) in [7, 11) is 0. The molecule has 3 aromatic heterocycles. The molecule has 5 heteroatoms. The fraction of sp³-hybridized carbons (Fsp3) is 0. The lowest BCUT2D eigenvalue weighted by atomic mass is 9.91. The summed E-state index contributed by atoms with van der Waals surface area (Å²) in [5.74, 6) is 1.85. The Labute approximate surface area is 293 Å². The van der Waals surface area contributed by atoms with Gasteiger partial charge in [-0.3, -0.25) is 4.98 Å². The molecule has 0 saturated heterocycles. The van der Waals surface area contributed by atoms with E-state index in [0.29, 0.717) is 17.5 Å². The zero-order valence-corrected chi connectivity index (χ0v) is 27.4. The number of furan rings is 1. The Morgan fingerprint density at radius 1 is 0.392 bits per heavy atom. The third-order valence-corrected chi connectivity index (χ3v) is 9.60. The number of pyridine rings is 1. The van der Waals surface area contributed by atoms with E-state index in [-0.39, 0.29) is 0 Å². The van der Waals surface area contributed by atoms with Crippen molar-refractivity contribution in [1.82, 2.24) is 19.9 Å². The molecule has 10 aromatic rings. The van der Waals surface area contributed by atoms with E-state index in [9.17, 15) is 0 Å². The van der Waals surface area contributed by atoms with Crippen LogP contribution in [-0.4, -0.2) is 19.9 Å². The Balaban J connectivity index is 1.25. The van der Waals surface area contributed by atoms with Crippen LogP contribution in [0.25, 0.3) is 99.9 Å².